The number of carbonyl (C=O) groups excluding carboxylic acids is 1. The van der Waals surface area contributed by atoms with Gasteiger partial charge in [0.2, 0.25) is 0 Å². The average molecular weight is 428 g/mol. The van der Waals surface area contributed by atoms with Gasteiger partial charge in [-0.25, -0.2) is 4.79 Å². The van der Waals surface area contributed by atoms with E-state index in [-0.39, 0.29) is 5.92 Å². The zero-order chi connectivity index (χ0) is 21.5. The molecule has 30 heavy (non-hydrogen) atoms. The van der Waals surface area contributed by atoms with Crippen molar-refractivity contribution in [3.05, 3.63) is 76.4 Å². The summed E-state index contributed by atoms with van der Waals surface area (Å²) in [5.74, 6) is 1.45. The summed E-state index contributed by atoms with van der Waals surface area (Å²) >= 11 is 6.22. The van der Waals surface area contributed by atoms with E-state index < -0.39 is 6.09 Å². The number of hydrogen-bond donors (Lipinski definition) is 1. The zero-order valence-corrected chi connectivity index (χ0v) is 18.1. The molecule has 1 N–H and O–H groups in total. The molecule has 0 unspecified atom stereocenters. The third-order valence-electron chi connectivity index (χ3n) is 4.34. The van der Waals surface area contributed by atoms with Crippen LogP contribution >= 0.6 is 11.6 Å². The SMILES string of the molecule is Cc1cc(NC(=O)OCC(C)C)nn1Cc1cc(Cl)ccc1OCc1ccccc1. The molecule has 3 aromatic rings. The minimum Gasteiger partial charge on any atom is -0.489 e. The predicted molar refractivity (Wildman–Crippen MR) is 118 cm³/mol. The van der Waals surface area contributed by atoms with Gasteiger partial charge in [0.05, 0.1) is 13.2 Å². The highest BCUT2D eigenvalue weighted by Gasteiger charge is 2.12. The average Bonchev–Trinajstić information content (AvgIpc) is 3.05. The van der Waals surface area contributed by atoms with Crippen LogP contribution in [-0.2, 0) is 17.9 Å². The number of anilines is 1. The molecule has 0 aliphatic heterocycles. The molecule has 0 aliphatic rings. The number of carbonyl (C=O) groups is 1. The maximum atomic E-state index is 11.9. The monoisotopic (exact) mass is 427 g/mol. The normalized spacial score (nSPS) is 10.8. The van der Waals surface area contributed by atoms with Gasteiger partial charge in [0.15, 0.2) is 5.82 Å². The van der Waals surface area contributed by atoms with Crippen LogP contribution in [0.4, 0.5) is 10.6 Å². The second kappa shape index (κ2) is 10.2. The molecule has 158 valence electrons. The van der Waals surface area contributed by atoms with E-state index in [4.69, 9.17) is 21.1 Å². The maximum absolute atomic E-state index is 11.9. The lowest BCUT2D eigenvalue weighted by Crippen LogP contribution is -2.17. The number of amides is 1. The van der Waals surface area contributed by atoms with E-state index in [9.17, 15) is 4.79 Å². The van der Waals surface area contributed by atoms with E-state index in [0.29, 0.717) is 30.6 Å². The molecule has 0 saturated carbocycles. The Kier molecular flexibility index (Phi) is 7.36. The molecule has 7 heteroatoms. The van der Waals surface area contributed by atoms with E-state index in [1.54, 1.807) is 16.8 Å². The molecule has 6 nitrogen and oxygen atoms in total. The molecule has 0 bridgehead atoms. The van der Waals surface area contributed by atoms with Crippen LogP contribution in [0.2, 0.25) is 5.02 Å². The molecular weight excluding hydrogens is 402 g/mol. The molecule has 1 amide bonds. The number of halogens is 1. The Balaban J connectivity index is 1.70. The van der Waals surface area contributed by atoms with Crippen LogP contribution in [0.3, 0.4) is 0 Å². The van der Waals surface area contributed by atoms with Crippen LogP contribution in [0.15, 0.2) is 54.6 Å². The summed E-state index contributed by atoms with van der Waals surface area (Å²) in [6.45, 7) is 7.16. The van der Waals surface area contributed by atoms with E-state index in [1.165, 1.54) is 0 Å². The fourth-order valence-corrected chi connectivity index (χ4v) is 3.02. The van der Waals surface area contributed by atoms with Gasteiger partial charge >= 0.3 is 6.09 Å². The summed E-state index contributed by atoms with van der Waals surface area (Å²) in [5.41, 5.74) is 2.88. The largest absolute Gasteiger partial charge is 0.489 e. The number of aromatic nitrogens is 2. The molecule has 0 aliphatic carbocycles. The zero-order valence-electron chi connectivity index (χ0n) is 17.4. The first-order valence-corrected chi connectivity index (χ1v) is 10.2. The molecule has 0 radical (unpaired) electrons. The van der Waals surface area contributed by atoms with Crippen LogP contribution in [0, 0.1) is 12.8 Å². The topological polar surface area (TPSA) is 65.4 Å². The number of hydrogen-bond acceptors (Lipinski definition) is 4. The molecular formula is C23H26ClN3O3. The van der Waals surface area contributed by atoms with Crippen LogP contribution < -0.4 is 10.1 Å². The van der Waals surface area contributed by atoms with Gasteiger partial charge < -0.3 is 9.47 Å². The molecule has 0 atom stereocenters. The Bertz CT molecular complexity index is 987. The Morgan fingerprint density at radius 1 is 1.17 bits per heavy atom. The van der Waals surface area contributed by atoms with Crippen molar-refractivity contribution < 1.29 is 14.3 Å². The number of nitrogens with zero attached hydrogens (tertiary/aromatic N) is 2. The Hall–Kier alpha value is -2.99. The van der Waals surface area contributed by atoms with Crippen molar-refractivity contribution >= 4 is 23.5 Å². The Labute approximate surface area is 181 Å². The Morgan fingerprint density at radius 3 is 2.67 bits per heavy atom. The molecule has 0 saturated heterocycles. The first kappa shape index (κ1) is 21.7. The molecule has 1 aromatic heterocycles. The van der Waals surface area contributed by atoms with E-state index in [0.717, 1.165) is 22.6 Å². The quantitative estimate of drug-likeness (QED) is 0.502. The lowest BCUT2D eigenvalue weighted by atomic mass is 10.2. The van der Waals surface area contributed by atoms with Crippen molar-refractivity contribution in [3.8, 4) is 5.75 Å². The third kappa shape index (κ3) is 6.26. The first-order chi connectivity index (χ1) is 14.4. The lowest BCUT2D eigenvalue weighted by molar-refractivity contribution is 0.147. The van der Waals surface area contributed by atoms with Crippen molar-refractivity contribution in [2.75, 3.05) is 11.9 Å². The van der Waals surface area contributed by atoms with Crippen molar-refractivity contribution in [1.29, 1.82) is 0 Å². The summed E-state index contributed by atoms with van der Waals surface area (Å²) in [4.78, 5) is 11.9. The first-order valence-electron chi connectivity index (χ1n) is 9.84. The smallest absolute Gasteiger partial charge is 0.412 e. The second-order valence-electron chi connectivity index (χ2n) is 7.47. The summed E-state index contributed by atoms with van der Waals surface area (Å²) in [6, 6.07) is 17.3. The predicted octanol–water partition coefficient (Wildman–Crippen LogP) is 5.68. The molecule has 2 aromatic carbocycles. The lowest BCUT2D eigenvalue weighted by Gasteiger charge is -2.13. The van der Waals surface area contributed by atoms with Gasteiger partial charge in [0, 0.05) is 22.3 Å². The van der Waals surface area contributed by atoms with Gasteiger partial charge in [-0.3, -0.25) is 10.00 Å². The third-order valence-corrected chi connectivity index (χ3v) is 4.57. The van der Waals surface area contributed by atoms with Crippen LogP contribution in [-0.4, -0.2) is 22.5 Å². The highest BCUT2D eigenvalue weighted by molar-refractivity contribution is 6.30. The highest BCUT2D eigenvalue weighted by Crippen LogP contribution is 2.25. The minimum absolute atomic E-state index is 0.271. The van der Waals surface area contributed by atoms with Crippen LogP contribution in [0.25, 0.3) is 0 Å². The van der Waals surface area contributed by atoms with Gasteiger partial charge in [-0.05, 0) is 36.6 Å². The number of rotatable bonds is 8. The number of aryl methyl sites for hydroxylation is 1. The standard InChI is InChI=1S/C23H26ClN3O3/c1-16(2)14-30-23(28)25-22-11-17(3)27(26-22)13-19-12-20(24)9-10-21(19)29-15-18-7-5-4-6-8-18/h4-12,16H,13-15H2,1-3H3,(H,25,26,28). The Morgan fingerprint density at radius 2 is 1.93 bits per heavy atom. The molecule has 0 fully saturated rings. The van der Waals surface area contributed by atoms with Gasteiger partial charge in [0.1, 0.15) is 12.4 Å². The van der Waals surface area contributed by atoms with Crippen molar-refractivity contribution in [2.45, 2.75) is 33.9 Å². The summed E-state index contributed by atoms with van der Waals surface area (Å²) in [6.07, 6.45) is -0.511. The van der Waals surface area contributed by atoms with Crippen LogP contribution in [0.5, 0.6) is 5.75 Å². The van der Waals surface area contributed by atoms with Crippen LogP contribution in [0.1, 0.15) is 30.7 Å². The van der Waals surface area contributed by atoms with Gasteiger partial charge in [-0.15, -0.1) is 0 Å². The summed E-state index contributed by atoms with van der Waals surface area (Å²) in [7, 11) is 0. The van der Waals surface area contributed by atoms with E-state index in [2.05, 4.69) is 10.4 Å². The fourth-order valence-electron chi connectivity index (χ4n) is 2.82. The highest BCUT2D eigenvalue weighted by atomic mass is 35.5. The van der Waals surface area contributed by atoms with Gasteiger partial charge in [0.25, 0.3) is 0 Å². The number of nitrogens with one attached hydrogen (secondary N) is 1. The van der Waals surface area contributed by atoms with Crippen molar-refractivity contribution in [2.24, 2.45) is 5.92 Å². The van der Waals surface area contributed by atoms with Gasteiger partial charge in [-0.1, -0.05) is 55.8 Å². The molecule has 1 heterocycles. The number of ether oxygens (including phenoxy) is 2. The maximum Gasteiger partial charge on any atom is 0.412 e. The minimum atomic E-state index is -0.511. The molecule has 3 rings (SSSR count). The van der Waals surface area contributed by atoms with Gasteiger partial charge in [-0.2, -0.15) is 5.10 Å². The fraction of sp³-hybridized carbons (Fsp3) is 0.304. The van der Waals surface area contributed by atoms with Crippen molar-refractivity contribution in [1.82, 2.24) is 9.78 Å². The number of benzene rings is 2. The summed E-state index contributed by atoms with van der Waals surface area (Å²) < 4.78 is 13.0. The van der Waals surface area contributed by atoms with E-state index >= 15 is 0 Å². The second-order valence-corrected chi connectivity index (χ2v) is 7.91. The van der Waals surface area contributed by atoms with Crippen molar-refractivity contribution in [3.63, 3.8) is 0 Å². The molecule has 0 spiro atoms. The van der Waals surface area contributed by atoms with E-state index in [1.807, 2.05) is 63.2 Å². The summed E-state index contributed by atoms with van der Waals surface area (Å²) in [5, 5.41) is 7.76.